The highest BCUT2D eigenvalue weighted by atomic mass is 35.5. The van der Waals surface area contributed by atoms with E-state index in [9.17, 15) is 37.1 Å². The lowest BCUT2D eigenvalue weighted by molar-refractivity contribution is -0.145. The van der Waals surface area contributed by atoms with Crippen LogP contribution in [0.3, 0.4) is 0 Å². The number of aromatic nitrogens is 10. The number of nitrogens with one attached hydrogen (secondary N) is 7. The zero-order chi connectivity index (χ0) is 99.3. The second kappa shape index (κ2) is 41.6. The van der Waals surface area contributed by atoms with E-state index in [4.69, 9.17) is 117 Å². The van der Waals surface area contributed by atoms with Crippen LogP contribution in [-0.2, 0) is 14.4 Å². The van der Waals surface area contributed by atoms with Crippen LogP contribution in [-0.4, -0.2) is 214 Å². The molecule has 5 saturated carbocycles. The van der Waals surface area contributed by atoms with Gasteiger partial charge in [-0.15, -0.1) is 0 Å². The van der Waals surface area contributed by atoms with E-state index in [0.29, 0.717) is 191 Å². The van der Waals surface area contributed by atoms with E-state index in [-0.39, 0.29) is 130 Å². The number of hydrogen-bond donors (Lipinski definition) is 7. The highest BCUT2D eigenvalue weighted by molar-refractivity contribution is 6.43. The van der Waals surface area contributed by atoms with E-state index >= 15 is 0 Å². The smallest absolute Gasteiger partial charge is 0.258 e. The lowest BCUT2D eigenvalue weighted by Gasteiger charge is -2.52. The van der Waals surface area contributed by atoms with Gasteiger partial charge in [-0.1, -0.05) is 76.2 Å². The molecule has 5 unspecified atom stereocenters. The highest BCUT2D eigenvalue weighted by Gasteiger charge is 2.53. The van der Waals surface area contributed by atoms with Crippen LogP contribution in [0.1, 0.15) is 46.0 Å². The number of piperidine rings is 10. The van der Waals surface area contributed by atoms with Crippen LogP contribution in [0.15, 0.2) is 151 Å². The number of aromatic amines is 2. The van der Waals surface area contributed by atoms with Crippen molar-refractivity contribution in [2.45, 2.75) is 76.5 Å². The first-order chi connectivity index (χ1) is 68.6. The molecule has 740 valence electrons. The number of fused-ring (bicyclic) bond motifs is 15. The molecule has 10 bridgehead atoms. The first-order valence-electron chi connectivity index (χ1n) is 46.1. The van der Waals surface area contributed by atoms with Crippen LogP contribution in [0.25, 0.3) is 54.5 Å². The van der Waals surface area contributed by atoms with E-state index in [2.05, 4.69) is 83.0 Å². The van der Waals surface area contributed by atoms with Crippen molar-refractivity contribution >= 4 is 176 Å². The summed E-state index contributed by atoms with van der Waals surface area (Å²) in [5.41, 5.74) is 3.10. The van der Waals surface area contributed by atoms with Gasteiger partial charge in [-0.2, -0.15) is 0 Å². The number of likely N-dealkylation sites (tertiary alicyclic amines) is 2. The third-order valence-corrected chi connectivity index (χ3v) is 30.5. The summed E-state index contributed by atoms with van der Waals surface area (Å²) >= 11 is 35.5. The van der Waals surface area contributed by atoms with Crippen molar-refractivity contribution in [1.82, 2.24) is 75.2 Å². The summed E-state index contributed by atoms with van der Waals surface area (Å²) in [5, 5.41) is 18.6. The fraction of sp³-hybridized carbons (Fsp3) is 0.370. The second-order valence-electron chi connectivity index (χ2n) is 36.6. The quantitative estimate of drug-likeness (QED) is 0.0245. The maximum absolute atomic E-state index is 14.6. The highest BCUT2D eigenvalue weighted by Crippen LogP contribution is 2.52. The Morgan fingerprint density at radius 1 is 0.359 bits per heavy atom. The molecule has 33 nitrogen and oxygen atoms in total. The number of ether oxygens (including phenoxy) is 10. The molecular formula is C100H97Cl6F3N18O15. The standard InChI is InChI=1S/C24H21Cl2FN4O3.C23H21Cl2FN4O3.C21H19Cl2FN4O2.C17H19N3O4.C15H17N3O3/c1-3-20(32)31-9-12-6-13(10-31)23(12)34-19-7-14-17(8-18(19)33-2)28-11-29-24(14)30-16-5-4-15(25)21(26)22(16)27;1-11(31)30-8-12-5-13(9-30)22(12)33-19-6-14-17(7-18(19)32-2)27-10-28-23(14)29-16-4-3-15(24)20(25)21(16)26;1-29-16-6-15-12(5-17(16)30-20-10-4-11(20)8-25-7-10)21(27-9-26-15)28-14-3-2-13(22)18(23)19(14)24;1-9(21)20-6-10-3-11(7-20)16(10)24-15-4-12-13(5-14(15)23-2)18-8-19-17(12)22;1-20-12-4-11-10(15(19)18-7-17-11)3-13(12)21-14-8-2-9(14)6-16-5-8/h3-5,7-8,11-13,23H,1,6,9-10H2,2H3,(H,28,29,30);3-4,6-7,10,12-13,22H,5,8-9H2,1-2H3,(H,27,28,29);2-3,5-6,9-11,20,25H,4,7-8H2,1H3,(H,26,27,28);4-5,8,10-11,16H,3,6-7H2,1-2H3,(H,18,19,22);3-4,7-9,14,16H,2,5-6H2,1H3,(H,17,18,19)/t12-,13+,23?;12-,13+,22?;10-,11+,20?;10-,11+,16?;8-,9+,14?. The van der Waals surface area contributed by atoms with Crippen LogP contribution in [0, 0.1) is 76.6 Å². The second-order valence-corrected chi connectivity index (χ2v) is 38.9. The zero-order valence-electron chi connectivity index (χ0n) is 77.6. The molecule has 5 aromatic heterocycles. The van der Waals surface area contributed by atoms with Crippen molar-refractivity contribution in [1.29, 1.82) is 0 Å². The topological polar surface area (TPSA) is 382 Å². The number of methoxy groups -OCH3 is 5. The largest absolute Gasteiger partial charge is 0.493 e. The third kappa shape index (κ3) is 19.7. The number of carbonyl (C=O) groups excluding carboxylic acids is 3. The first kappa shape index (κ1) is 97.9. The van der Waals surface area contributed by atoms with Crippen molar-refractivity contribution in [3.05, 3.63) is 210 Å². The number of carbonyl (C=O) groups is 3. The molecule has 6 aliphatic heterocycles. The minimum absolute atomic E-state index is 0.000469. The van der Waals surface area contributed by atoms with Crippen LogP contribution in [0.2, 0.25) is 30.1 Å². The molecule has 11 heterocycles. The summed E-state index contributed by atoms with van der Waals surface area (Å²) < 4.78 is 103. The van der Waals surface area contributed by atoms with Crippen LogP contribution >= 0.6 is 69.6 Å². The Morgan fingerprint density at radius 3 is 0.873 bits per heavy atom. The molecule has 0 spiro atoms. The van der Waals surface area contributed by atoms with Crippen LogP contribution < -0.4 is 85.1 Å². The number of benzene rings is 8. The number of hydrogen-bond acceptors (Lipinski definition) is 28. The molecule has 5 aliphatic carbocycles. The first-order valence-corrected chi connectivity index (χ1v) is 48.4. The lowest BCUT2D eigenvalue weighted by Crippen LogP contribution is -2.61. The predicted molar refractivity (Wildman–Crippen MR) is 532 cm³/mol. The number of halogens is 9. The maximum Gasteiger partial charge on any atom is 0.258 e. The molecule has 13 aromatic rings. The van der Waals surface area contributed by atoms with Crippen molar-refractivity contribution < 1.29 is 74.9 Å². The minimum Gasteiger partial charge on any atom is -0.493 e. The van der Waals surface area contributed by atoms with Crippen molar-refractivity contribution in [3.63, 3.8) is 0 Å². The average molecular weight is 2060 g/mol. The summed E-state index contributed by atoms with van der Waals surface area (Å²) in [6.07, 6.45) is 14.2. The van der Waals surface area contributed by atoms with E-state index < -0.39 is 17.5 Å². The van der Waals surface area contributed by atoms with E-state index in [1.165, 1.54) is 87.0 Å². The van der Waals surface area contributed by atoms with Crippen molar-refractivity contribution in [3.8, 4) is 57.5 Å². The number of rotatable bonds is 22. The van der Waals surface area contributed by atoms with Gasteiger partial charge in [0.1, 0.15) is 67.0 Å². The number of anilines is 6. The Hall–Kier alpha value is -12.9. The summed E-state index contributed by atoms with van der Waals surface area (Å²) in [7, 11) is 7.90. The van der Waals surface area contributed by atoms with Crippen LogP contribution in [0.5, 0.6) is 57.5 Å². The van der Waals surface area contributed by atoms with Gasteiger partial charge in [0.2, 0.25) is 17.7 Å². The third-order valence-electron chi connectivity index (χ3n) is 28.2. The van der Waals surface area contributed by atoms with Gasteiger partial charge in [0.15, 0.2) is 74.9 Å². The van der Waals surface area contributed by atoms with Crippen molar-refractivity contribution in [2.75, 3.05) is 117 Å². The Morgan fingerprint density at radius 2 is 0.613 bits per heavy atom. The molecule has 142 heavy (non-hydrogen) atoms. The Kier molecular flexibility index (Phi) is 28.6. The van der Waals surface area contributed by atoms with Gasteiger partial charge in [0.05, 0.1) is 134 Å². The van der Waals surface area contributed by atoms with E-state index in [1.54, 1.807) is 104 Å². The van der Waals surface area contributed by atoms with Gasteiger partial charge in [0.25, 0.3) is 11.1 Å². The van der Waals surface area contributed by atoms with Gasteiger partial charge in [-0.05, 0) is 105 Å². The average Bonchev–Trinajstić information content (AvgIpc) is 0.752. The van der Waals surface area contributed by atoms with Gasteiger partial charge in [-0.3, -0.25) is 24.0 Å². The Balaban J connectivity index is 0.000000114. The van der Waals surface area contributed by atoms with E-state index in [0.717, 1.165) is 58.5 Å². The molecule has 24 rings (SSSR count). The molecular weight excluding hydrogens is 1960 g/mol. The molecule has 15 atom stereocenters. The molecule has 11 fully saturated rings. The van der Waals surface area contributed by atoms with Gasteiger partial charge < -0.3 is 98.6 Å². The summed E-state index contributed by atoms with van der Waals surface area (Å²) in [6, 6.07) is 26.7. The fourth-order valence-corrected chi connectivity index (χ4v) is 21.5. The molecule has 3 amide bonds. The Labute approximate surface area is 840 Å². The number of nitrogens with zero attached hydrogens (tertiary/aromatic N) is 11. The van der Waals surface area contributed by atoms with Gasteiger partial charge in [0, 0.05) is 185 Å². The van der Waals surface area contributed by atoms with Gasteiger partial charge in [-0.25, -0.2) is 53.0 Å². The molecule has 7 N–H and O–H groups in total. The van der Waals surface area contributed by atoms with Gasteiger partial charge >= 0.3 is 0 Å². The molecule has 0 radical (unpaired) electrons. The number of amides is 3. The molecule has 8 aromatic carbocycles. The van der Waals surface area contributed by atoms with Crippen LogP contribution in [0.4, 0.5) is 47.7 Å². The fourth-order valence-electron chi connectivity index (χ4n) is 20.6. The summed E-state index contributed by atoms with van der Waals surface area (Å²) in [4.78, 5) is 104. The zero-order valence-corrected chi connectivity index (χ0v) is 82.2. The molecule has 42 heteroatoms. The summed E-state index contributed by atoms with van der Waals surface area (Å²) in [6.45, 7) is 14.8. The predicted octanol–water partition coefficient (Wildman–Crippen LogP) is 17.2. The minimum atomic E-state index is -0.674. The SMILES string of the molecule is C=CC(=O)N1C[C@H]2C[C@@H](C1)C2Oc1cc2c(Nc3ccc(Cl)c(Cl)c3F)ncnc2cc1OC.COc1cc2nc[nH]c(=O)c2cc1OC1[C@@H]2CNC[C@H]1C2.COc1cc2nc[nH]c(=O)c2cc1OC1[C@@H]2C[C@H]1CN(C(C)=O)C2.COc1cc2ncnc(Nc3ccc(Cl)c(Cl)c3F)c2cc1OC1[C@@H]2CNC[C@H]1C2.COc1cc2ncnc(Nc3ccc(Cl)c(Cl)c3F)c2cc1OC1[C@@H]2C[C@H]1CN(C(C)=O)C2. The monoisotopic (exact) mass is 2060 g/mol. The lowest BCUT2D eigenvalue weighted by atomic mass is 9.68. The van der Waals surface area contributed by atoms with Crippen molar-refractivity contribution in [2.24, 2.45) is 59.2 Å². The molecule has 6 saturated heterocycles. The summed E-state index contributed by atoms with van der Waals surface area (Å²) in [5.74, 6) is 8.92. The number of H-pyrrole nitrogens is 2. The molecule has 11 aliphatic rings. The Bertz CT molecular complexity index is 7170. The maximum atomic E-state index is 14.6. The normalized spacial score (nSPS) is 23.1. The van der Waals surface area contributed by atoms with E-state index in [1.807, 2.05) is 20.8 Å².